The fourth-order valence-electron chi connectivity index (χ4n) is 2.70. The van der Waals surface area contributed by atoms with Gasteiger partial charge in [0.2, 0.25) is 0 Å². The van der Waals surface area contributed by atoms with Crippen LogP contribution in [0.4, 0.5) is 0 Å². The molecule has 0 N–H and O–H groups in total. The zero-order chi connectivity index (χ0) is 18.4. The van der Waals surface area contributed by atoms with Crippen molar-refractivity contribution in [1.82, 2.24) is 4.90 Å². The van der Waals surface area contributed by atoms with Crippen molar-refractivity contribution in [3.05, 3.63) is 65.7 Å². The SMILES string of the molecule is O=C(CSC(=S)N1CCCC1)Oc1ccc(C(=O)c2ccccc2)cc1. The van der Waals surface area contributed by atoms with Crippen molar-refractivity contribution in [2.24, 2.45) is 0 Å². The molecule has 1 saturated heterocycles. The number of carbonyl (C=O) groups excluding carboxylic acids is 2. The number of thioether (sulfide) groups is 1. The molecule has 0 spiro atoms. The lowest BCUT2D eigenvalue weighted by atomic mass is 10.0. The predicted molar refractivity (Wildman–Crippen MR) is 108 cm³/mol. The predicted octanol–water partition coefficient (Wildman–Crippen LogP) is 3.94. The van der Waals surface area contributed by atoms with E-state index >= 15 is 0 Å². The molecular weight excluding hydrogens is 366 g/mol. The Morgan fingerprint density at radius 2 is 1.58 bits per heavy atom. The van der Waals surface area contributed by atoms with E-state index in [-0.39, 0.29) is 17.5 Å². The summed E-state index contributed by atoms with van der Waals surface area (Å²) in [5.41, 5.74) is 1.18. The lowest BCUT2D eigenvalue weighted by Gasteiger charge is -2.17. The molecule has 2 aromatic carbocycles. The molecule has 1 aliphatic heterocycles. The molecule has 0 unspecified atom stereocenters. The van der Waals surface area contributed by atoms with Crippen molar-refractivity contribution in [2.75, 3.05) is 18.8 Å². The minimum absolute atomic E-state index is 0.0602. The van der Waals surface area contributed by atoms with Crippen molar-refractivity contribution >= 4 is 40.1 Å². The molecule has 3 rings (SSSR count). The summed E-state index contributed by atoms with van der Waals surface area (Å²) in [7, 11) is 0. The van der Waals surface area contributed by atoms with Crippen LogP contribution in [0.1, 0.15) is 28.8 Å². The number of benzene rings is 2. The van der Waals surface area contributed by atoms with Crippen LogP contribution >= 0.6 is 24.0 Å². The van der Waals surface area contributed by atoms with Crippen LogP contribution in [0.5, 0.6) is 5.75 Å². The first-order valence-corrected chi connectivity index (χ1v) is 9.85. The molecule has 134 valence electrons. The molecule has 0 atom stereocenters. The number of rotatable bonds is 5. The minimum Gasteiger partial charge on any atom is -0.426 e. The number of thiocarbonyl (C=S) groups is 1. The van der Waals surface area contributed by atoms with Crippen LogP contribution in [0, 0.1) is 0 Å². The Kier molecular flexibility index (Phi) is 6.41. The Balaban J connectivity index is 1.51. The summed E-state index contributed by atoms with van der Waals surface area (Å²) in [6.45, 7) is 1.94. The normalized spacial score (nSPS) is 13.5. The average Bonchev–Trinajstić information content (AvgIpc) is 3.22. The van der Waals surface area contributed by atoms with E-state index in [9.17, 15) is 9.59 Å². The van der Waals surface area contributed by atoms with Gasteiger partial charge in [-0.25, -0.2) is 0 Å². The van der Waals surface area contributed by atoms with E-state index < -0.39 is 0 Å². The van der Waals surface area contributed by atoms with Gasteiger partial charge >= 0.3 is 5.97 Å². The van der Waals surface area contributed by atoms with E-state index in [1.165, 1.54) is 11.8 Å². The monoisotopic (exact) mass is 385 g/mol. The zero-order valence-corrected chi connectivity index (χ0v) is 15.9. The van der Waals surface area contributed by atoms with Gasteiger partial charge in [-0.3, -0.25) is 9.59 Å². The van der Waals surface area contributed by atoms with E-state index in [4.69, 9.17) is 17.0 Å². The molecule has 6 heteroatoms. The summed E-state index contributed by atoms with van der Waals surface area (Å²) < 4.78 is 6.07. The molecule has 2 aromatic rings. The van der Waals surface area contributed by atoms with E-state index in [1.807, 2.05) is 18.2 Å². The van der Waals surface area contributed by atoms with Crippen LogP contribution in [0.2, 0.25) is 0 Å². The Morgan fingerprint density at radius 1 is 0.962 bits per heavy atom. The van der Waals surface area contributed by atoms with Crippen molar-refractivity contribution < 1.29 is 14.3 Å². The van der Waals surface area contributed by atoms with Crippen LogP contribution < -0.4 is 4.74 Å². The molecule has 26 heavy (non-hydrogen) atoms. The molecule has 0 aromatic heterocycles. The highest BCUT2D eigenvalue weighted by Gasteiger charge is 2.17. The molecule has 4 nitrogen and oxygen atoms in total. The highest BCUT2D eigenvalue weighted by atomic mass is 32.2. The summed E-state index contributed by atoms with van der Waals surface area (Å²) >= 11 is 6.67. The quantitative estimate of drug-likeness (QED) is 0.336. The fourth-order valence-corrected chi connectivity index (χ4v) is 3.73. The van der Waals surface area contributed by atoms with Crippen LogP contribution in [0.15, 0.2) is 54.6 Å². The van der Waals surface area contributed by atoms with Gasteiger partial charge in [0.1, 0.15) is 10.1 Å². The summed E-state index contributed by atoms with van der Waals surface area (Å²) in [5.74, 6) is 0.195. The Morgan fingerprint density at radius 3 is 2.23 bits per heavy atom. The molecule has 0 bridgehead atoms. The van der Waals surface area contributed by atoms with Gasteiger partial charge in [-0.1, -0.05) is 54.3 Å². The molecule has 1 aliphatic rings. The van der Waals surface area contributed by atoms with E-state index in [1.54, 1.807) is 36.4 Å². The second-order valence-electron chi connectivity index (χ2n) is 5.94. The van der Waals surface area contributed by atoms with Gasteiger partial charge in [-0.2, -0.15) is 0 Å². The summed E-state index contributed by atoms with van der Waals surface area (Å²) in [6, 6.07) is 15.7. The minimum atomic E-state index is -0.348. The third-order valence-electron chi connectivity index (χ3n) is 4.06. The van der Waals surface area contributed by atoms with Gasteiger partial charge < -0.3 is 9.64 Å². The van der Waals surface area contributed by atoms with Crippen molar-refractivity contribution in [3.8, 4) is 5.75 Å². The number of hydrogen-bond donors (Lipinski definition) is 0. The number of ether oxygens (including phenoxy) is 1. The second-order valence-corrected chi connectivity index (χ2v) is 7.55. The molecule has 0 saturated carbocycles. The topological polar surface area (TPSA) is 46.6 Å². The summed E-state index contributed by atoms with van der Waals surface area (Å²) in [4.78, 5) is 26.5. The highest BCUT2D eigenvalue weighted by Crippen LogP contribution is 2.18. The highest BCUT2D eigenvalue weighted by molar-refractivity contribution is 8.23. The van der Waals surface area contributed by atoms with Crippen molar-refractivity contribution in [3.63, 3.8) is 0 Å². The maximum atomic E-state index is 12.4. The number of ketones is 1. The van der Waals surface area contributed by atoms with Crippen LogP contribution in [-0.4, -0.2) is 39.8 Å². The molecule has 0 aliphatic carbocycles. The average molecular weight is 386 g/mol. The maximum absolute atomic E-state index is 12.4. The standard InChI is InChI=1S/C20H19NO3S2/c22-18(14-26-20(25)21-12-4-5-13-21)24-17-10-8-16(9-11-17)19(23)15-6-2-1-3-7-15/h1-3,6-11H,4-5,12-14H2. The van der Waals surface area contributed by atoms with Crippen LogP contribution in [0.25, 0.3) is 0 Å². The fraction of sp³-hybridized carbons (Fsp3) is 0.250. The molecule has 0 radical (unpaired) electrons. The molecular formula is C20H19NO3S2. The van der Waals surface area contributed by atoms with Gasteiger partial charge in [-0.05, 0) is 37.1 Å². The third-order valence-corrected chi connectivity index (χ3v) is 5.56. The molecule has 1 fully saturated rings. The van der Waals surface area contributed by atoms with Crippen molar-refractivity contribution in [2.45, 2.75) is 12.8 Å². The molecule has 0 amide bonds. The van der Waals surface area contributed by atoms with Gasteiger partial charge in [-0.15, -0.1) is 0 Å². The number of nitrogens with zero attached hydrogens (tertiary/aromatic N) is 1. The van der Waals surface area contributed by atoms with Gasteiger partial charge in [0.15, 0.2) is 5.78 Å². The van der Waals surface area contributed by atoms with Crippen molar-refractivity contribution in [1.29, 1.82) is 0 Å². The first-order chi connectivity index (χ1) is 12.6. The Bertz CT molecular complexity index is 784. The van der Waals surface area contributed by atoms with E-state index in [0.29, 0.717) is 16.9 Å². The Labute approximate surface area is 162 Å². The number of hydrogen-bond acceptors (Lipinski definition) is 5. The summed E-state index contributed by atoms with van der Waals surface area (Å²) in [5, 5.41) is 0. The van der Waals surface area contributed by atoms with Crippen LogP contribution in [0.3, 0.4) is 0 Å². The zero-order valence-electron chi connectivity index (χ0n) is 14.2. The number of carbonyl (C=O) groups is 2. The second kappa shape index (κ2) is 8.96. The number of esters is 1. The lowest BCUT2D eigenvalue weighted by Crippen LogP contribution is -2.25. The Hall–Kier alpha value is -2.18. The van der Waals surface area contributed by atoms with Crippen LogP contribution in [-0.2, 0) is 4.79 Å². The number of likely N-dealkylation sites (tertiary alicyclic amines) is 1. The summed E-state index contributed by atoms with van der Waals surface area (Å²) in [6.07, 6.45) is 2.30. The van der Waals surface area contributed by atoms with E-state index in [0.717, 1.165) is 30.3 Å². The first kappa shape index (κ1) is 18.6. The van der Waals surface area contributed by atoms with E-state index in [2.05, 4.69) is 4.90 Å². The largest absolute Gasteiger partial charge is 0.426 e. The lowest BCUT2D eigenvalue weighted by molar-refractivity contribution is -0.131. The van der Waals surface area contributed by atoms with Gasteiger partial charge in [0, 0.05) is 24.2 Å². The third kappa shape index (κ3) is 4.93. The maximum Gasteiger partial charge on any atom is 0.321 e. The smallest absolute Gasteiger partial charge is 0.321 e. The first-order valence-electron chi connectivity index (χ1n) is 8.46. The molecule has 1 heterocycles. The van der Waals surface area contributed by atoms with Gasteiger partial charge in [0.05, 0.1) is 5.75 Å². The van der Waals surface area contributed by atoms with Gasteiger partial charge in [0.25, 0.3) is 0 Å².